The number of rotatable bonds is 14. The lowest BCUT2D eigenvalue weighted by atomic mass is 10.2. The third kappa shape index (κ3) is 6.36. The van der Waals surface area contributed by atoms with E-state index >= 15 is 0 Å². The molecule has 0 amide bonds. The van der Waals surface area contributed by atoms with E-state index in [0.29, 0.717) is 0 Å². The van der Waals surface area contributed by atoms with Gasteiger partial charge in [0.05, 0.1) is 0 Å². The zero-order valence-electron chi connectivity index (χ0n) is 15.3. The van der Waals surface area contributed by atoms with Gasteiger partial charge in [0.15, 0.2) is 0 Å². The van der Waals surface area contributed by atoms with Gasteiger partial charge in [0.1, 0.15) is 0 Å². The fourth-order valence-corrected chi connectivity index (χ4v) is 6.20. The summed E-state index contributed by atoms with van der Waals surface area (Å²) in [5, 5.41) is 0. The highest BCUT2D eigenvalue weighted by Gasteiger charge is 2.48. The van der Waals surface area contributed by atoms with Gasteiger partial charge >= 0.3 is 8.88 Å². The molecule has 0 aliphatic carbocycles. The van der Waals surface area contributed by atoms with E-state index in [0.717, 1.165) is 26.2 Å². The van der Waals surface area contributed by atoms with Crippen molar-refractivity contribution in [3.05, 3.63) is 0 Å². The molecule has 0 spiro atoms. The summed E-state index contributed by atoms with van der Waals surface area (Å²) in [5.74, 6) is 0. The molecule has 128 valence electrons. The van der Waals surface area contributed by atoms with Gasteiger partial charge in [-0.3, -0.25) is 9.13 Å². The Morgan fingerprint density at radius 3 is 1.38 bits per heavy atom. The fourth-order valence-electron chi connectivity index (χ4n) is 2.92. The third-order valence-corrected chi connectivity index (χ3v) is 7.90. The summed E-state index contributed by atoms with van der Waals surface area (Å²) < 4.78 is 17.0. The van der Waals surface area contributed by atoms with E-state index in [2.05, 4.69) is 36.8 Å². The summed E-state index contributed by atoms with van der Waals surface area (Å²) >= 11 is 0. The van der Waals surface area contributed by atoms with Crippen LogP contribution in [-0.4, -0.2) is 58.4 Å². The van der Waals surface area contributed by atoms with Crippen LogP contribution in [0.1, 0.15) is 66.2 Å². The summed E-state index contributed by atoms with van der Waals surface area (Å²) in [6.07, 6.45) is 7.52. The summed E-state index contributed by atoms with van der Waals surface area (Å²) in [5.41, 5.74) is 0. The minimum atomic E-state index is -2.44. The highest BCUT2D eigenvalue weighted by molar-refractivity contribution is 6.61. The maximum atomic E-state index is 6.02. The second-order valence-corrected chi connectivity index (χ2v) is 8.71. The van der Waals surface area contributed by atoms with Crippen molar-refractivity contribution in [1.29, 1.82) is 0 Å². The molecule has 0 unspecified atom stereocenters. The van der Waals surface area contributed by atoms with Crippen molar-refractivity contribution in [3.63, 3.8) is 0 Å². The molecule has 0 bridgehead atoms. The van der Waals surface area contributed by atoms with Crippen LogP contribution in [0.5, 0.6) is 0 Å². The Morgan fingerprint density at radius 1 is 0.667 bits per heavy atom. The van der Waals surface area contributed by atoms with Crippen molar-refractivity contribution in [1.82, 2.24) is 9.13 Å². The highest BCUT2D eigenvalue weighted by atomic mass is 28.4. The monoisotopic (exact) mass is 318 g/mol. The van der Waals surface area contributed by atoms with E-state index in [4.69, 9.17) is 8.85 Å². The maximum Gasteiger partial charge on any atom is 0.521 e. The van der Waals surface area contributed by atoms with Gasteiger partial charge in [-0.1, -0.05) is 53.4 Å². The number of unbranched alkanes of at least 4 members (excludes halogenated alkanes) is 4. The first-order valence-electron chi connectivity index (χ1n) is 8.77. The summed E-state index contributed by atoms with van der Waals surface area (Å²) in [7, 11) is 1.20. The van der Waals surface area contributed by atoms with Crippen LogP contribution in [0.4, 0.5) is 0 Å². The molecule has 0 aromatic carbocycles. The molecule has 0 saturated heterocycles. The van der Waals surface area contributed by atoms with Crippen molar-refractivity contribution < 1.29 is 8.85 Å². The lowest BCUT2D eigenvalue weighted by Crippen LogP contribution is -2.69. The van der Waals surface area contributed by atoms with Crippen LogP contribution in [0.15, 0.2) is 0 Å². The molecule has 0 radical (unpaired) electrons. The van der Waals surface area contributed by atoms with Crippen molar-refractivity contribution in [2.75, 3.05) is 40.4 Å². The van der Waals surface area contributed by atoms with Gasteiger partial charge in [0, 0.05) is 14.2 Å². The Hall–Kier alpha value is 0.0569. The Morgan fingerprint density at radius 2 is 1.10 bits per heavy atom. The lowest BCUT2D eigenvalue weighted by molar-refractivity contribution is 0.0948. The van der Waals surface area contributed by atoms with Crippen molar-refractivity contribution >= 4 is 8.88 Å². The van der Waals surface area contributed by atoms with E-state index < -0.39 is 8.88 Å². The van der Waals surface area contributed by atoms with Gasteiger partial charge < -0.3 is 8.85 Å². The zero-order chi connectivity index (χ0) is 16.1. The van der Waals surface area contributed by atoms with E-state index in [9.17, 15) is 0 Å². The third-order valence-electron chi connectivity index (χ3n) is 4.16. The second kappa shape index (κ2) is 12.6. The SMILES string of the molecule is CCCCCN(CCCCC)[Si](OC)(OC)N(CC)CC. The van der Waals surface area contributed by atoms with Gasteiger partial charge in [-0.2, -0.15) is 0 Å². The Kier molecular flexibility index (Phi) is 12.6. The Labute approximate surface area is 134 Å². The summed E-state index contributed by atoms with van der Waals surface area (Å²) in [4.78, 5) is 0. The molecule has 0 atom stereocenters. The molecule has 4 nitrogen and oxygen atoms in total. The fraction of sp³-hybridized carbons (Fsp3) is 1.00. The van der Waals surface area contributed by atoms with Crippen molar-refractivity contribution in [2.24, 2.45) is 0 Å². The van der Waals surface area contributed by atoms with Crippen LogP contribution in [0, 0.1) is 0 Å². The molecule has 0 aromatic heterocycles. The standard InChI is InChI=1S/C16H38N2O2Si/c1-7-11-13-15-18(16-14-12-8-2)21(19-5,20-6)17(9-3)10-4/h7-16H2,1-6H3. The molecule has 5 heteroatoms. The predicted octanol–water partition coefficient (Wildman–Crippen LogP) is 3.74. The maximum absolute atomic E-state index is 6.02. The van der Waals surface area contributed by atoms with Gasteiger partial charge in [-0.15, -0.1) is 0 Å². The molecule has 0 saturated carbocycles. The van der Waals surface area contributed by atoms with Crippen molar-refractivity contribution in [2.45, 2.75) is 66.2 Å². The first kappa shape index (κ1) is 21.1. The van der Waals surface area contributed by atoms with Crippen LogP contribution >= 0.6 is 0 Å². The topological polar surface area (TPSA) is 24.9 Å². The first-order valence-corrected chi connectivity index (χ1v) is 10.5. The van der Waals surface area contributed by atoms with E-state index in [1.807, 2.05) is 14.2 Å². The van der Waals surface area contributed by atoms with Crippen LogP contribution in [0.2, 0.25) is 0 Å². The minimum Gasteiger partial charge on any atom is -0.374 e. The van der Waals surface area contributed by atoms with Crippen LogP contribution in [-0.2, 0) is 8.85 Å². The van der Waals surface area contributed by atoms with Crippen LogP contribution in [0.25, 0.3) is 0 Å². The Balaban J connectivity index is 5.03. The van der Waals surface area contributed by atoms with Crippen LogP contribution in [0.3, 0.4) is 0 Å². The second-order valence-electron chi connectivity index (χ2n) is 5.53. The normalized spacial score (nSPS) is 12.6. The van der Waals surface area contributed by atoms with Gasteiger partial charge in [-0.05, 0) is 39.0 Å². The molecule has 0 fully saturated rings. The summed E-state index contributed by atoms with van der Waals surface area (Å²) in [6.45, 7) is 13.0. The highest BCUT2D eigenvalue weighted by Crippen LogP contribution is 2.20. The molecule has 0 aliphatic heterocycles. The number of hydrogen-bond acceptors (Lipinski definition) is 4. The molecule has 0 heterocycles. The number of nitrogens with zero attached hydrogens (tertiary/aromatic N) is 2. The molecule has 0 aliphatic rings. The summed E-state index contributed by atoms with van der Waals surface area (Å²) in [6, 6.07) is 0. The molecule has 0 rings (SSSR count). The first-order chi connectivity index (χ1) is 10.2. The predicted molar refractivity (Wildman–Crippen MR) is 93.3 cm³/mol. The average molecular weight is 319 g/mol. The largest absolute Gasteiger partial charge is 0.521 e. The molecule has 21 heavy (non-hydrogen) atoms. The Bertz CT molecular complexity index is 224. The van der Waals surface area contributed by atoms with E-state index in [1.54, 1.807) is 0 Å². The molecular weight excluding hydrogens is 280 g/mol. The molecular formula is C16H38N2O2Si. The zero-order valence-corrected chi connectivity index (χ0v) is 16.3. The molecule has 0 N–H and O–H groups in total. The van der Waals surface area contributed by atoms with Gasteiger partial charge in [0.25, 0.3) is 0 Å². The molecule has 0 aromatic rings. The van der Waals surface area contributed by atoms with Gasteiger partial charge in [-0.25, -0.2) is 0 Å². The average Bonchev–Trinajstić information content (AvgIpc) is 2.52. The van der Waals surface area contributed by atoms with E-state index in [1.165, 1.54) is 38.5 Å². The quantitative estimate of drug-likeness (QED) is 0.360. The van der Waals surface area contributed by atoms with Gasteiger partial charge in [0.2, 0.25) is 0 Å². The van der Waals surface area contributed by atoms with E-state index in [-0.39, 0.29) is 0 Å². The lowest BCUT2D eigenvalue weighted by Gasteiger charge is -2.43. The number of hydrogen-bond donors (Lipinski definition) is 0. The minimum absolute atomic E-state index is 0.975. The van der Waals surface area contributed by atoms with Crippen molar-refractivity contribution in [3.8, 4) is 0 Å². The van der Waals surface area contributed by atoms with Crippen LogP contribution < -0.4 is 0 Å². The smallest absolute Gasteiger partial charge is 0.374 e.